The fraction of sp³-hybridized carbons (Fsp3) is 0. The van der Waals surface area contributed by atoms with Crippen molar-refractivity contribution in [2.45, 2.75) is 0 Å². The molecule has 0 fully saturated rings. The summed E-state index contributed by atoms with van der Waals surface area (Å²) < 4.78 is 58.4. The quantitative estimate of drug-likeness (QED) is 0.182. The maximum atomic E-state index is 14.5. The van der Waals surface area contributed by atoms with Crippen LogP contribution in [0.3, 0.4) is 0 Å². The summed E-state index contributed by atoms with van der Waals surface area (Å²) in [5, 5.41) is 9.12. The van der Waals surface area contributed by atoms with Gasteiger partial charge in [-0.25, -0.2) is 26.9 Å². The van der Waals surface area contributed by atoms with Crippen LogP contribution < -0.4 is 0 Å². The van der Waals surface area contributed by atoms with E-state index in [9.17, 15) is 17.6 Å². The summed E-state index contributed by atoms with van der Waals surface area (Å²) in [5.74, 6) is -2.88. The minimum atomic E-state index is -0.755. The Balaban J connectivity index is 0.00000308. The molecule has 3 aromatic carbocycles. The molecule has 0 atom stereocenters. The molecule has 10 heteroatoms. The molecular weight excluding hydrogens is 687 g/mol. The first-order valence-corrected chi connectivity index (χ1v) is 11.6. The fourth-order valence-electron chi connectivity index (χ4n) is 4.28. The SMILES string of the molecule is Fc1ccc(-n2ccc(-c3ccnc(-c4ccccc4)c3-c3ccn(-c4ccc(F)cc4F)n3)n2)c(F)c1.[Ir+3]. The maximum Gasteiger partial charge on any atom is 3.00 e. The van der Waals surface area contributed by atoms with Gasteiger partial charge in [0.1, 0.15) is 23.0 Å². The minimum Gasteiger partial charge on any atom is -0.256 e. The van der Waals surface area contributed by atoms with Crippen LogP contribution in [0.25, 0.3) is 45.1 Å². The molecule has 3 heterocycles. The Morgan fingerprint density at radius 2 is 1.15 bits per heavy atom. The van der Waals surface area contributed by atoms with E-state index in [1.807, 2.05) is 30.3 Å². The van der Waals surface area contributed by atoms with Gasteiger partial charge in [-0.15, -0.1) is 0 Å². The summed E-state index contributed by atoms with van der Waals surface area (Å²) in [6.07, 6.45) is 4.78. The molecule has 192 valence electrons. The van der Waals surface area contributed by atoms with E-state index >= 15 is 0 Å². The molecule has 0 aliphatic carbocycles. The molecule has 0 aliphatic rings. The summed E-state index contributed by atoms with van der Waals surface area (Å²) in [6.45, 7) is 0. The van der Waals surface area contributed by atoms with E-state index in [4.69, 9.17) is 0 Å². The van der Waals surface area contributed by atoms with Gasteiger partial charge in [-0.05, 0) is 42.5 Å². The zero-order chi connectivity index (χ0) is 26.2. The first-order valence-electron chi connectivity index (χ1n) is 11.6. The monoisotopic (exact) mass is 704 g/mol. The largest absolute Gasteiger partial charge is 3.00 e. The molecule has 3 aromatic heterocycles. The van der Waals surface area contributed by atoms with E-state index in [1.54, 1.807) is 36.8 Å². The Morgan fingerprint density at radius 1 is 0.590 bits per heavy atom. The first-order chi connectivity index (χ1) is 18.5. The Labute approximate surface area is 233 Å². The summed E-state index contributed by atoms with van der Waals surface area (Å²) in [4.78, 5) is 4.60. The molecule has 0 N–H and O–H groups in total. The van der Waals surface area contributed by atoms with Crippen molar-refractivity contribution in [3.05, 3.63) is 127 Å². The first kappa shape index (κ1) is 26.2. The van der Waals surface area contributed by atoms with Crippen molar-refractivity contribution in [1.29, 1.82) is 0 Å². The summed E-state index contributed by atoms with van der Waals surface area (Å²) in [7, 11) is 0. The predicted octanol–water partition coefficient (Wildman–Crippen LogP) is 7.01. The van der Waals surface area contributed by atoms with Crippen LogP contribution in [0.2, 0.25) is 0 Å². The van der Waals surface area contributed by atoms with E-state index in [2.05, 4.69) is 15.2 Å². The van der Waals surface area contributed by atoms with E-state index < -0.39 is 23.3 Å². The van der Waals surface area contributed by atoms with Gasteiger partial charge in [-0.3, -0.25) is 4.98 Å². The maximum absolute atomic E-state index is 14.5. The molecule has 39 heavy (non-hydrogen) atoms. The molecule has 0 radical (unpaired) electrons. The van der Waals surface area contributed by atoms with Gasteiger partial charge in [0.15, 0.2) is 11.6 Å². The van der Waals surface area contributed by atoms with Crippen LogP contribution in [0.15, 0.2) is 104 Å². The molecule has 6 rings (SSSR count). The van der Waals surface area contributed by atoms with Crippen molar-refractivity contribution < 1.29 is 37.7 Å². The number of nitrogens with zero attached hydrogens (tertiary/aromatic N) is 5. The zero-order valence-corrected chi connectivity index (χ0v) is 22.3. The second-order valence-electron chi connectivity index (χ2n) is 8.43. The van der Waals surface area contributed by atoms with Gasteiger partial charge in [0.25, 0.3) is 0 Å². The van der Waals surface area contributed by atoms with Crippen LogP contribution in [0.1, 0.15) is 0 Å². The second-order valence-corrected chi connectivity index (χ2v) is 8.43. The Kier molecular flexibility index (Phi) is 7.23. The average Bonchev–Trinajstić information content (AvgIpc) is 3.59. The van der Waals surface area contributed by atoms with Gasteiger partial charge in [0.05, 0.1) is 17.1 Å². The molecular formula is C29H17F4IrN5+3. The van der Waals surface area contributed by atoms with Gasteiger partial charge in [0.2, 0.25) is 0 Å². The molecule has 0 spiro atoms. The zero-order valence-electron chi connectivity index (χ0n) is 19.9. The third kappa shape index (κ3) is 5.04. The standard InChI is InChI=1S/C29H17F4N5.Ir/c30-19-6-8-26(22(32)16-19)37-14-11-24(35-37)21-10-13-34-29(18-4-2-1-3-5-18)28(21)25-12-15-38(36-25)27-9-7-20(31)17-23(27)33;/h1-17H;/q;+3. The van der Waals surface area contributed by atoms with Crippen LogP contribution in [-0.4, -0.2) is 24.5 Å². The number of aromatic nitrogens is 5. The van der Waals surface area contributed by atoms with Crippen LogP contribution in [0, 0.1) is 23.3 Å². The number of hydrogen-bond donors (Lipinski definition) is 0. The van der Waals surface area contributed by atoms with Gasteiger partial charge in [-0.1, -0.05) is 30.3 Å². The minimum absolute atomic E-state index is 0. The van der Waals surface area contributed by atoms with Crippen molar-refractivity contribution in [1.82, 2.24) is 24.5 Å². The average molecular weight is 704 g/mol. The summed E-state index contributed by atoms with van der Waals surface area (Å²) >= 11 is 0. The topological polar surface area (TPSA) is 48.5 Å². The third-order valence-corrected chi connectivity index (χ3v) is 6.02. The third-order valence-electron chi connectivity index (χ3n) is 6.02. The van der Waals surface area contributed by atoms with Crippen LogP contribution in [0.5, 0.6) is 0 Å². The normalized spacial score (nSPS) is 10.9. The molecule has 0 aliphatic heterocycles. The van der Waals surface area contributed by atoms with Gasteiger partial charge in [-0.2, -0.15) is 10.2 Å². The Bertz CT molecular complexity index is 1780. The van der Waals surface area contributed by atoms with E-state index in [0.29, 0.717) is 28.2 Å². The number of pyridine rings is 1. The molecule has 0 bridgehead atoms. The van der Waals surface area contributed by atoms with Gasteiger partial charge < -0.3 is 0 Å². The van der Waals surface area contributed by atoms with E-state index in [1.165, 1.54) is 21.5 Å². The number of hydrogen-bond acceptors (Lipinski definition) is 3. The van der Waals surface area contributed by atoms with Crippen molar-refractivity contribution >= 4 is 0 Å². The van der Waals surface area contributed by atoms with Crippen molar-refractivity contribution in [3.8, 4) is 45.1 Å². The Hall–Kier alpha value is -4.40. The van der Waals surface area contributed by atoms with Crippen molar-refractivity contribution in [2.75, 3.05) is 0 Å². The number of benzene rings is 3. The summed E-state index contributed by atoms with van der Waals surface area (Å²) in [5.41, 5.74) is 3.82. The molecule has 0 saturated heterocycles. The number of rotatable bonds is 5. The van der Waals surface area contributed by atoms with Gasteiger partial charge in [0, 0.05) is 47.4 Å². The van der Waals surface area contributed by atoms with Crippen LogP contribution in [-0.2, 0) is 20.1 Å². The van der Waals surface area contributed by atoms with Crippen LogP contribution in [0.4, 0.5) is 17.6 Å². The predicted molar refractivity (Wildman–Crippen MR) is 135 cm³/mol. The van der Waals surface area contributed by atoms with E-state index in [-0.39, 0.29) is 31.5 Å². The fourth-order valence-corrected chi connectivity index (χ4v) is 4.28. The Morgan fingerprint density at radius 3 is 1.74 bits per heavy atom. The molecule has 0 unspecified atom stereocenters. The van der Waals surface area contributed by atoms with Crippen molar-refractivity contribution in [2.24, 2.45) is 0 Å². The molecule has 0 saturated carbocycles. The number of halogens is 4. The summed E-state index contributed by atoms with van der Waals surface area (Å²) in [6, 6.07) is 21.1. The smallest absolute Gasteiger partial charge is 0.256 e. The van der Waals surface area contributed by atoms with Crippen molar-refractivity contribution in [3.63, 3.8) is 0 Å². The van der Waals surface area contributed by atoms with Gasteiger partial charge >= 0.3 is 20.1 Å². The molecule has 0 amide bonds. The second kappa shape index (κ2) is 10.8. The van der Waals surface area contributed by atoms with E-state index in [0.717, 1.165) is 29.8 Å². The molecule has 6 aromatic rings. The molecule has 5 nitrogen and oxygen atoms in total. The van der Waals surface area contributed by atoms with Crippen LogP contribution >= 0.6 is 0 Å².